The summed E-state index contributed by atoms with van der Waals surface area (Å²) in [5, 5.41) is 14.0. The average Bonchev–Trinajstić information content (AvgIpc) is 2.81. The predicted molar refractivity (Wildman–Crippen MR) is 62.9 cm³/mol. The van der Waals surface area contributed by atoms with Crippen molar-refractivity contribution in [3.63, 3.8) is 0 Å². The summed E-state index contributed by atoms with van der Waals surface area (Å²) >= 11 is 1.22. The minimum absolute atomic E-state index is 0.146. The average molecular weight is 295 g/mol. The smallest absolute Gasteiger partial charge is 0.380 e. The molecule has 0 aliphatic carbocycles. The number of alkyl halides is 3. The number of likely N-dealkylation sites (tertiary alicyclic amines) is 1. The van der Waals surface area contributed by atoms with Gasteiger partial charge in [-0.2, -0.15) is 13.2 Å². The first-order valence-electron chi connectivity index (χ1n) is 5.56. The zero-order valence-corrected chi connectivity index (χ0v) is 10.6. The van der Waals surface area contributed by atoms with Crippen molar-refractivity contribution in [1.29, 1.82) is 0 Å². The molecule has 2 amide bonds. The number of aliphatic hydroxyl groups is 1. The van der Waals surface area contributed by atoms with Crippen molar-refractivity contribution in [3.8, 4) is 0 Å². The molecule has 1 fully saturated rings. The lowest BCUT2D eigenvalue weighted by atomic mass is 9.91. The number of urea groups is 1. The zero-order chi connectivity index (χ0) is 14.1. The topological polar surface area (TPSA) is 65.5 Å². The maximum Gasteiger partial charge on any atom is 0.417 e. The Hall–Kier alpha value is -1.35. The third-order valence-electron chi connectivity index (χ3n) is 3.05. The molecule has 0 spiro atoms. The van der Waals surface area contributed by atoms with Gasteiger partial charge in [-0.3, -0.25) is 5.32 Å². The maximum absolute atomic E-state index is 12.6. The number of anilines is 1. The summed E-state index contributed by atoms with van der Waals surface area (Å²) in [6, 6.07) is -0.501. The van der Waals surface area contributed by atoms with E-state index < -0.39 is 30.7 Å². The zero-order valence-electron chi connectivity index (χ0n) is 9.78. The van der Waals surface area contributed by atoms with Crippen molar-refractivity contribution in [2.45, 2.75) is 24.6 Å². The highest BCUT2D eigenvalue weighted by atomic mass is 32.1. The predicted octanol–water partition coefficient (Wildman–Crippen LogP) is 2.06. The normalized spacial score (nSPS) is 19.3. The van der Waals surface area contributed by atoms with Crippen molar-refractivity contribution in [1.82, 2.24) is 9.88 Å². The molecule has 106 valence electrons. The second kappa shape index (κ2) is 4.97. The van der Waals surface area contributed by atoms with Crippen LogP contribution in [-0.4, -0.2) is 45.9 Å². The maximum atomic E-state index is 12.6. The van der Waals surface area contributed by atoms with E-state index in [0.717, 1.165) is 0 Å². The minimum Gasteiger partial charge on any atom is -0.380 e. The fourth-order valence-electron chi connectivity index (χ4n) is 1.82. The molecule has 1 aromatic rings. The van der Waals surface area contributed by atoms with E-state index in [9.17, 15) is 23.1 Å². The van der Waals surface area contributed by atoms with Crippen molar-refractivity contribution in [2.24, 2.45) is 0 Å². The van der Waals surface area contributed by atoms with Crippen LogP contribution in [-0.2, 0) is 0 Å². The number of halogens is 3. The molecule has 0 saturated carbocycles. The van der Waals surface area contributed by atoms with Gasteiger partial charge in [-0.05, 0) is 0 Å². The molecule has 1 aliphatic heterocycles. The highest BCUT2D eigenvalue weighted by Gasteiger charge is 2.54. The first-order valence-corrected chi connectivity index (χ1v) is 6.44. The summed E-state index contributed by atoms with van der Waals surface area (Å²) in [7, 11) is 0. The molecule has 2 rings (SSSR count). The first kappa shape index (κ1) is 14.1. The van der Waals surface area contributed by atoms with E-state index in [4.69, 9.17) is 0 Å². The van der Waals surface area contributed by atoms with Gasteiger partial charge in [0.15, 0.2) is 10.7 Å². The molecular weight excluding hydrogens is 283 g/mol. The summed E-state index contributed by atoms with van der Waals surface area (Å²) in [5.41, 5.74) is -2.69. The molecule has 9 heteroatoms. The molecule has 0 unspecified atom stereocenters. The van der Waals surface area contributed by atoms with E-state index in [1.165, 1.54) is 22.4 Å². The Bertz CT molecular complexity index is 441. The van der Waals surface area contributed by atoms with Crippen molar-refractivity contribution in [3.05, 3.63) is 11.6 Å². The summed E-state index contributed by atoms with van der Waals surface area (Å²) < 4.78 is 37.7. The number of carbonyl (C=O) groups excluding carboxylic acids is 1. The summed E-state index contributed by atoms with van der Waals surface area (Å²) in [5.74, 6) is 0. The van der Waals surface area contributed by atoms with E-state index in [1.807, 2.05) is 0 Å². The summed E-state index contributed by atoms with van der Waals surface area (Å²) in [4.78, 5) is 16.8. The van der Waals surface area contributed by atoms with Crippen molar-refractivity contribution < 1.29 is 23.1 Å². The number of aromatic nitrogens is 1. The third kappa shape index (κ3) is 2.98. The molecule has 1 saturated heterocycles. The SMILES string of the molecule is O=C(Nc1nccs1)N1CCC(O)(C(F)(F)F)CC1. The quantitative estimate of drug-likeness (QED) is 0.833. The van der Waals surface area contributed by atoms with E-state index in [2.05, 4.69) is 10.3 Å². The Balaban J connectivity index is 1.91. The minimum atomic E-state index is -4.66. The van der Waals surface area contributed by atoms with E-state index in [1.54, 1.807) is 5.38 Å². The Labute approximate surface area is 111 Å². The molecule has 5 nitrogen and oxygen atoms in total. The summed E-state index contributed by atoms with van der Waals surface area (Å²) in [6.07, 6.45) is -4.17. The number of thiazole rings is 1. The van der Waals surface area contributed by atoms with Gasteiger partial charge in [-0.15, -0.1) is 11.3 Å². The van der Waals surface area contributed by atoms with Crippen molar-refractivity contribution >= 4 is 22.5 Å². The molecule has 1 aromatic heterocycles. The van der Waals surface area contributed by atoms with E-state index >= 15 is 0 Å². The molecule has 0 radical (unpaired) electrons. The van der Waals surface area contributed by atoms with Crippen LogP contribution in [0.1, 0.15) is 12.8 Å². The number of hydrogen-bond donors (Lipinski definition) is 2. The standard InChI is InChI=1S/C10H12F3N3O2S/c11-10(12,13)9(18)1-4-16(5-2-9)8(17)15-7-14-3-6-19-7/h3,6,18H,1-2,4-5H2,(H,14,15,17). The number of hydrogen-bond acceptors (Lipinski definition) is 4. The Kier molecular flexibility index (Phi) is 3.68. The van der Waals surface area contributed by atoms with Gasteiger partial charge in [0.2, 0.25) is 0 Å². The van der Waals surface area contributed by atoms with Crippen LogP contribution in [0.5, 0.6) is 0 Å². The van der Waals surface area contributed by atoms with Gasteiger partial charge in [0.05, 0.1) is 0 Å². The number of nitrogens with zero attached hydrogens (tertiary/aromatic N) is 2. The van der Waals surface area contributed by atoms with Crippen LogP contribution < -0.4 is 5.32 Å². The lowest BCUT2D eigenvalue weighted by Crippen LogP contribution is -2.55. The second-order valence-electron chi connectivity index (χ2n) is 4.28. The van der Waals surface area contributed by atoms with Crippen LogP contribution in [0.2, 0.25) is 0 Å². The third-order valence-corrected chi connectivity index (χ3v) is 3.74. The number of nitrogens with one attached hydrogen (secondary N) is 1. The fourth-order valence-corrected chi connectivity index (χ4v) is 2.34. The highest BCUT2D eigenvalue weighted by molar-refractivity contribution is 7.13. The molecule has 0 atom stereocenters. The van der Waals surface area contributed by atoms with Gasteiger partial charge >= 0.3 is 12.2 Å². The summed E-state index contributed by atoms with van der Waals surface area (Å²) in [6.45, 7) is -0.291. The molecule has 19 heavy (non-hydrogen) atoms. The van der Waals surface area contributed by atoms with Crippen LogP contribution in [0.15, 0.2) is 11.6 Å². The van der Waals surface area contributed by atoms with Gasteiger partial charge < -0.3 is 10.0 Å². The molecule has 0 bridgehead atoms. The second-order valence-corrected chi connectivity index (χ2v) is 5.18. The van der Waals surface area contributed by atoms with Crippen LogP contribution in [0.3, 0.4) is 0 Å². The molecule has 2 N–H and O–H groups in total. The van der Waals surface area contributed by atoms with Crippen LogP contribution in [0.25, 0.3) is 0 Å². The number of rotatable bonds is 1. The lowest BCUT2D eigenvalue weighted by Gasteiger charge is -2.38. The van der Waals surface area contributed by atoms with Gasteiger partial charge in [0.1, 0.15) is 0 Å². The highest BCUT2D eigenvalue weighted by Crippen LogP contribution is 2.38. The molecule has 1 aliphatic rings. The Morgan fingerprint density at radius 1 is 1.47 bits per heavy atom. The van der Waals surface area contributed by atoms with Gasteiger partial charge in [0, 0.05) is 37.5 Å². The number of amides is 2. The molecule has 0 aromatic carbocycles. The van der Waals surface area contributed by atoms with Crippen LogP contribution in [0.4, 0.5) is 23.1 Å². The van der Waals surface area contributed by atoms with Crippen molar-refractivity contribution in [2.75, 3.05) is 18.4 Å². The molecule has 2 heterocycles. The Morgan fingerprint density at radius 3 is 2.58 bits per heavy atom. The van der Waals surface area contributed by atoms with Crippen LogP contribution >= 0.6 is 11.3 Å². The number of piperidine rings is 1. The van der Waals surface area contributed by atoms with Gasteiger partial charge in [-0.1, -0.05) is 0 Å². The Morgan fingerprint density at radius 2 is 2.11 bits per heavy atom. The molecular formula is C10H12F3N3O2S. The monoisotopic (exact) mass is 295 g/mol. The van der Waals surface area contributed by atoms with E-state index in [-0.39, 0.29) is 13.1 Å². The number of carbonyl (C=O) groups is 1. The van der Waals surface area contributed by atoms with Crippen LogP contribution in [0, 0.1) is 0 Å². The van der Waals surface area contributed by atoms with Gasteiger partial charge in [-0.25, -0.2) is 9.78 Å². The first-order chi connectivity index (χ1) is 8.82. The fraction of sp³-hybridized carbons (Fsp3) is 0.600. The van der Waals surface area contributed by atoms with E-state index in [0.29, 0.717) is 5.13 Å². The lowest BCUT2D eigenvalue weighted by molar-refractivity contribution is -0.271. The van der Waals surface area contributed by atoms with Gasteiger partial charge in [0.25, 0.3) is 0 Å². The largest absolute Gasteiger partial charge is 0.417 e.